The van der Waals surface area contributed by atoms with Crippen molar-refractivity contribution in [2.75, 3.05) is 0 Å². The molecule has 2 rings (SSSR count). The molecular weight excluding hydrogens is 230 g/mol. The van der Waals surface area contributed by atoms with Crippen molar-refractivity contribution in [3.63, 3.8) is 0 Å². The molecule has 1 aromatic carbocycles. The van der Waals surface area contributed by atoms with Crippen LogP contribution in [0.2, 0.25) is 0 Å². The number of aromatic nitrogens is 1. The van der Waals surface area contributed by atoms with E-state index in [4.69, 9.17) is 5.11 Å². The van der Waals surface area contributed by atoms with Gasteiger partial charge < -0.3 is 5.11 Å². The lowest BCUT2D eigenvalue weighted by Crippen LogP contribution is -2.18. The van der Waals surface area contributed by atoms with Crippen LogP contribution in [0.1, 0.15) is 16.1 Å². The first-order chi connectivity index (χ1) is 8.75. The van der Waals surface area contributed by atoms with Crippen LogP contribution < -0.4 is 5.43 Å². The van der Waals surface area contributed by atoms with E-state index in [0.29, 0.717) is 5.69 Å². The molecule has 0 aliphatic carbocycles. The highest BCUT2D eigenvalue weighted by Gasteiger charge is 2.03. The summed E-state index contributed by atoms with van der Waals surface area (Å²) in [4.78, 5) is 15.5. The third kappa shape index (κ3) is 3.15. The molecule has 0 fully saturated rings. The average molecular weight is 241 g/mol. The number of pyridine rings is 1. The van der Waals surface area contributed by atoms with E-state index in [2.05, 4.69) is 15.5 Å². The lowest BCUT2D eigenvalue weighted by Gasteiger charge is -1.98. The van der Waals surface area contributed by atoms with Crippen molar-refractivity contribution in [1.29, 1.82) is 0 Å². The van der Waals surface area contributed by atoms with Gasteiger partial charge in [0.25, 0.3) is 5.91 Å². The zero-order valence-electron chi connectivity index (χ0n) is 9.45. The van der Waals surface area contributed by atoms with Gasteiger partial charge in [-0.15, -0.1) is 0 Å². The first-order valence-electron chi connectivity index (χ1n) is 5.29. The maximum atomic E-state index is 11.6. The van der Waals surface area contributed by atoms with Crippen LogP contribution in [0.25, 0.3) is 0 Å². The first-order valence-corrected chi connectivity index (χ1v) is 5.29. The van der Waals surface area contributed by atoms with Crippen LogP contribution in [0.3, 0.4) is 0 Å². The third-order valence-corrected chi connectivity index (χ3v) is 2.17. The molecule has 0 saturated heterocycles. The quantitative estimate of drug-likeness (QED) is 0.632. The summed E-state index contributed by atoms with van der Waals surface area (Å²) in [5.74, 6) is -0.185. The van der Waals surface area contributed by atoms with Crippen LogP contribution in [0.5, 0.6) is 5.75 Å². The fourth-order valence-corrected chi connectivity index (χ4v) is 1.28. The predicted molar refractivity (Wildman–Crippen MR) is 67.4 cm³/mol. The SMILES string of the molecule is O=C(N/N=C/c1ccc(O)cc1)c1ccccn1. The highest BCUT2D eigenvalue weighted by atomic mass is 16.3. The molecule has 0 atom stereocenters. The lowest BCUT2D eigenvalue weighted by atomic mass is 10.2. The highest BCUT2D eigenvalue weighted by Crippen LogP contribution is 2.07. The van der Waals surface area contributed by atoms with Crippen molar-refractivity contribution >= 4 is 12.1 Å². The van der Waals surface area contributed by atoms with Gasteiger partial charge in [0.2, 0.25) is 0 Å². The van der Waals surface area contributed by atoms with Crippen LogP contribution in [-0.4, -0.2) is 22.2 Å². The van der Waals surface area contributed by atoms with Gasteiger partial charge in [-0.25, -0.2) is 5.43 Å². The summed E-state index contributed by atoms with van der Waals surface area (Å²) in [6, 6.07) is 11.5. The Morgan fingerprint density at radius 3 is 2.67 bits per heavy atom. The van der Waals surface area contributed by atoms with Crippen LogP contribution in [0.15, 0.2) is 53.8 Å². The molecule has 0 saturated carbocycles. The Balaban J connectivity index is 1.96. The van der Waals surface area contributed by atoms with Gasteiger partial charge in [-0.3, -0.25) is 9.78 Å². The summed E-state index contributed by atoms with van der Waals surface area (Å²) in [6.07, 6.45) is 3.03. The van der Waals surface area contributed by atoms with E-state index in [1.807, 2.05) is 0 Å². The second-order valence-electron chi connectivity index (χ2n) is 3.51. The molecule has 1 aromatic heterocycles. The molecule has 0 aliphatic heterocycles. The zero-order valence-corrected chi connectivity index (χ0v) is 9.45. The number of nitrogens with one attached hydrogen (secondary N) is 1. The second-order valence-corrected chi connectivity index (χ2v) is 3.51. The van der Waals surface area contributed by atoms with Gasteiger partial charge in [-0.05, 0) is 42.0 Å². The minimum Gasteiger partial charge on any atom is -0.508 e. The Morgan fingerprint density at radius 2 is 2.00 bits per heavy atom. The third-order valence-electron chi connectivity index (χ3n) is 2.17. The molecular formula is C13H11N3O2. The number of rotatable bonds is 3. The van der Waals surface area contributed by atoms with E-state index in [1.54, 1.807) is 48.7 Å². The molecule has 5 nitrogen and oxygen atoms in total. The minimum absolute atomic E-state index is 0.185. The summed E-state index contributed by atoms with van der Waals surface area (Å²) in [5.41, 5.74) is 3.45. The lowest BCUT2D eigenvalue weighted by molar-refractivity contribution is 0.0950. The van der Waals surface area contributed by atoms with Gasteiger partial charge in [0.15, 0.2) is 0 Å². The Hall–Kier alpha value is -2.69. The number of hydrazone groups is 1. The molecule has 0 unspecified atom stereocenters. The maximum absolute atomic E-state index is 11.6. The van der Waals surface area contributed by atoms with Crippen LogP contribution in [-0.2, 0) is 0 Å². The van der Waals surface area contributed by atoms with Crippen LogP contribution in [0, 0.1) is 0 Å². The van der Waals surface area contributed by atoms with Crippen LogP contribution in [0.4, 0.5) is 0 Å². The summed E-state index contributed by atoms with van der Waals surface area (Å²) in [6.45, 7) is 0. The number of carbonyl (C=O) groups is 1. The minimum atomic E-state index is -0.370. The Bertz CT molecular complexity index is 550. The molecule has 0 spiro atoms. The molecule has 0 bridgehead atoms. The van der Waals surface area contributed by atoms with Crippen molar-refractivity contribution in [2.45, 2.75) is 0 Å². The van der Waals surface area contributed by atoms with Gasteiger partial charge in [0.05, 0.1) is 6.21 Å². The average Bonchev–Trinajstić information content (AvgIpc) is 2.42. The Kier molecular flexibility index (Phi) is 3.66. The molecule has 1 amide bonds. The molecule has 18 heavy (non-hydrogen) atoms. The number of amides is 1. The predicted octanol–water partition coefficient (Wildman–Crippen LogP) is 1.55. The van der Waals surface area contributed by atoms with Crippen molar-refractivity contribution < 1.29 is 9.90 Å². The van der Waals surface area contributed by atoms with Gasteiger partial charge in [0, 0.05) is 6.20 Å². The molecule has 5 heteroatoms. The molecule has 2 aromatic rings. The molecule has 90 valence electrons. The number of nitrogens with zero attached hydrogens (tertiary/aromatic N) is 2. The Morgan fingerprint density at radius 1 is 1.22 bits per heavy atom. The smallest absolute Gasteiger partial charge is 0.289 e. The normalized spacial score (nSPS) is 10.4. The van der Waals surface area contributed by atoms with E-state index in [-0.39, 0.29) is 11.7 Å². The number of hydrogen-bond acceptors (Lipinski definition) is 4. The summed E-state index contributed by atoms with van der Waals surface area (Å²) in [5, 5.41) is 12.9. The van der Waals surface area contributed by atoms with Crippen molar-refractivity contribution in [3.05, 3.63) is 59.9 Å². The molecule has 0 radical (unpaired) electrons. The highest BCUT2D eigenvalue weighted by molar-refractivity contribution is 5.93. The number of benzene rings is 1. The number of phenols is 1. The molecule has 0 aliphatic rings. The summed E-state index contributed by atoms with van der Waals surface area (Å²) in [7, 11) is 0. The number of carbonyl (C=O) groups excluding carboxylic acids is 1. The topological polar surface area (TPSA) is 74.6 Å². The van der Waals surface area contributed by atoms with E-state index in [0.717, 1.165) is 5.56 Å². The first kappa shape index (κ1) is 11.8. The monoisotopic (exact) mass is 241 g/mol. The maximum Gasteiger partial charge on any atom is 0.289 e. The fourth-order valence-electron chi connectivity index (χ4n) is 1.28. The van der Waals surface area contributed by atoms with E-state index >= 15 is 0 Å². The number of phenolic OH excluding ortho intramolecular Hbond substituents is 1. The van der Waals surface area contributed by atoms with Crippen molar-refractivity contribution in [3.8, 4) is 5.75 Å². The van der Waals surface area contributed by atoms with E-state index < -0.39 is 0 Å². The Labute approximate surface area is 104 Å². The second kappa shape index (κ2) is 5.58. The summed E-state index contributed by atoms with van der Waals surface area (Å²) >= 11 is 0. The van der Waals surface area contributed by atoms with Crippen molar-refractivity contribution in [1.82, 2.24) is 10.4 Å². The largest absolute Gasteiger partial charge is 0.508 e. The van der Waals surface area contributed by atoms with E-state index in [1.165, 1.54) is 6.21 Å². The zero-order chi connectivity index (χ0) is 12.8. The molecule has 2 N–H and O–H groups in total. The van der Waals surface area contributed by atoms with Gasteiger partial charge in [-0.2, -0.15) is 5.10 Å². The van der Waals surface area contributed by atoms with Gasteiger partial charge in [0.1, 0.15) is 11.4 Å². The standard InChI is InChI=1S/C13H11N3O2/c17-11-6-4-10(5-7-11)9-15-16-13(18)12-3-1-2-8-14-12/h1-9,17H,(H,16,18)/b15-9+. The van der Waals surface area contributed by atoms with Crippen molar-refractivity contribution in [2.24, 2.45) is 5.10 Å². The van der Waals surface area contributed by atoms with Crippen LogP contribution >= 0.6 is 0 Å². The number of aromatic hydroxyl groups is 1. The van der Waals surface area contributed by atoms with Gasteiger partial charge in [-0.1, -0.05) is 6.07 Å². The fraction of sp³-hybridized carbons (Fsp3) is 0. The summed E-state index contributed by atoms with van der Waals surface area (Å²) < 4.78 is 0. The van der Waals surface area contributed by atoms with E-state index in [9.17, 15) is 4.79 Å². The number of hydrogen-bond donors (Lipinski definition) is 2. The van der Waals surface area contributed by atoms with Gasteiger partial charge >= 0.3 is 0 Å². The molecule has 1 heterocycles.